The number of carbonyl (C=O) groups is 2. The van der Waals surface area contributed by atoms with Crippen LogP contribution < -0.4 is 14.8 Å². The zero-order valence-electron chi connectivity index (χ0n) is 18.3. The molecule has 0 saturated carbocycles. The number of pyridine rings is 2. The van der Waals surface area contributed by atoms with Gasteiger partial charge in [-0.2, -0.15) is 0 Å². The van der Waals surface area contributed by atoms with Crippen molar-refractivity contribution < 1.29 is 19.1 Å². The summed E-state index contributed by atoms with van der Waals surface area (Å²) in [5.74, 6) is -0.651. The minimum Gasteiger partial charge on any atom is -0.495 e. The molecule has 0 radical (unpaired) electrons. The molecule has 0 aliphatic heterocycles. The average Bonchev–Trinajstić information content (AvgIpc) is 3.10. The molecule has 0 bridgehead atoms. The van der Waals surface area contributed by atoms with Gasteiger partial charge in [-0.1, -0.05) is 23.7 Å². The lowest BCUT2D eigenvalue weighted by molar-refractivity contribution is -0.112. The van der Waals surface area contributed by atoms with Crippen molar-refractivity contribution in [2.75, 3.05) is 19.5 Å². The lowest BCUT2D eigenvalue weighted by atomic mass is 10.1. The van der Waals surface area contributed by atoms with Crippen molar-refractivity contribution >= 4 is 40.0 Å². The van der Waals surface area contributed by atoms with E-state index in [2.05, 4.69) is 15.3 Å². The molecule has 8 nitrogen and oxygen atoms in total. The monoisotopic (exact) mass is 464 g/mol. The van der Waals surface area contributed by atoms with Gasteiger partial charge in [0.2, 0.25) is 5.88 Å². The van der Waals surface area contributed by atoms with Gasteiger partial charge in [0.1, 0.15) is 11.4 Å². The number of hydrogen-bond donors (Lipinski definition) is 1. The third kappa shape index (κ3) is 4.51. The van der Waals surface area contributed by atoms with Crippen LogP contribution in [0.4, 0.5) is 5.69 Å². The Morgan fingerprint density at radius 3 is 2.52 bits per heavy atom. The summed E-state index contributed by atoms with van der Waals surface area (Å²) in [6.45, 7) is 2.25. The maximum Gasteiger partial charge on any atom is 0.296 e. The van der Waals surface area contributed by atoms with Crippen molar-refractivity contribution in [1.29, 1.82) is 0 Å². The molecule has 0 spiro atoms. The molecule has 3 heterocycles. The number of ether oxygens (including phenoxy) is 2. The second-order valence-corrected chi connectivity index (χ2v) is 7.73. The summed E-state index contributed by atoms with van der Waals surface area (Å²) in [5, 5.41) is 3.79. The van der Waals surface area contributed by atoms with Crippen molar-refractivity contribution in [3.63, 3.8) is 0 Å². The first-order valence-corrected chi connectivity index (χ1v) is 10.4. The molecule has 1 amide bonds. The van der Waals surface area contributed by atoms with Crippen molar-refractivity contribution in [2.24, 2.45) is 0 Å². The van der Waals surface area contributed by atoms with Gasteiger partial charge in [-0.15, -0.1) is 0 Å². The molecule has 168 valence electrons. The highest BCUT2D eigenvalue weighted by atomic mass is 35.5. The van der Waals surface area contributed by atoms with Gasteiger partial charge in [-0.25, -0.2) is 9.97 Å². The Balaban J connectivity index is 1.75. The molecular formula is C24H21ClN4O4. The van der Waals surface area contributed by atoms with Crippen LogP contribution in [0, 0.1) is 6.92 Å². The van der Waals surface area contributed by atoms with E-state index in [1.807, 2.05) is 16.7 Å². The lowest BCUT2D eigenvalue weighted by Gasteiger charge is -2.09. The molecular weight excluding hydrogens is 444 g/mol. The number of aromatic nitrogens is 3. The molecule has 9 heteroatoms. The smallest absolute Gasteiger partial charge is 0.296 e. The van der Waals surface area contributed by atoms with Crippen LogP contribution in [0.3, 0.4) is 0 Å². The van der Waals surface area contributed by atoms with E-state index in [1.54, 1.807) is 37.4 Å². The maximum absolute atomic E-state index is 13.3. The molecule has 4 aromatic rings. The fourth-order valence-corrected chi connectivity index (χ4v) is 3.72. The highest BCUT2D eigenvalue weighted by molar-refractivity contribution is 6.48. The minimum atomic E-state index is -0.778. The van der Waals surface area contributed by atoms with Gasteiger partial charge in [0, 0.05) is 40.6 Å². The van der Waals surface area contributed by atoms with Crippen LogP contribution in [0.2, 0.25) is 5.02 Å². The van der Waals surface area contributed by atoms with Crippen LogP contribution in [-0.2, 0) is 11.3 Å². The number of anilines is 1. The van der Waals surface area contributed by atoms with Crippen LogP contribution >= 0.6 is 11.6 Å². The minimum absolute atomic E-state index is 0.267. The Morgan fingerprint density at radius 1 is 1.06 bits per heavy atom. The van der Waals surface area contributed by atoms with E-state index in [1.165, 1.54) is 26.5 Å². The fourth-order valence-electron chi connectivity index (χ4n) is 3.59. The third-order valence-corrected chi connectivity index (χ3v) is 5.51. The number of methoxy groups -OCH3 is 2. The Morgan fingerprint density at radius 2 is 1.82 bits per heavy atom. The summed E-state index contributed by atoms with van der Waals surface area (Å²) >= 11 is 6.01. The number of ketones is 1. The molecule has 33 heavy (non-hydrogen) atoms. The summed E-state index contributed by atoms with van der Waals surface area (Å²) < 4.78 is 12.3. The normalized spacial score (nSPS) is 10.8. The number of nitrogens with one attached hydrogen (secondary N) is 1. The molecule has 0 saturated heterocycles. The van der Waals surface area contributed by atoms with E-state index in [9.17, 15) is 9.59 Å². The second-order valence-electron chi connectivity index (χ2n) is 7.29. The third-order valence-electron chi connectivity index (χ3n) is 5.26. The molecule has 0 atom stereocenters. The number of Topliss-reactive ketones (excluding diaryl/α,β-unsaturated/α-hetero) is 1. The first-order chi connectivity index (χ1) is 15.9. The van der Waals surface area contributed by atoms with E-state index < -0.39 is 11.7 Å². The number of amides is 1. The Kier molecular flexibility index (Phi) is 6.28. The number of benzene rings is 1. The molecule has 0 aliphatic rings. The van der Waals surface area contributed by atoms with E-state index >= 15 is 0 Å². The standard InChI is InChI=1S/C24H21ClN4O4/c1-14-21(22(30)24(31)28-17-8-9-26-20(10-17)33-3)19-11-18(32-2)12-27-23(19)29(14)13-15-4-6-16(25)7-5-15/h4-12H,13H2,1-3H3,(H,26,28,31). The quantitative estimate of drug-likeness (QED) is 0.324. The maximum atomic E-state index is 13.3. The van der Waals surface area contributed by atoms with Crippen molar-refractivity contribution in [2.45, 2.75) is 13.5 Å². The summed E-state index contributed by atoms with van der Waals surface area (Å²) in [6.07, 6.45) is 3.06. The topological polar surface area (TPSA) is 95.3 Å². The summed E-state index contributed by atoms with van der Waals surface area (Å²) in [5.41, 5.74) is 2.84. The van der Waals surface area contributed by atoms with Crippen LogP contribution in [-0.4, -0.2) is 40.4 Å². The van der Waals surface area contributed by atoms with Crippen molar-refractivity contribution in [3.8, 4) is 11.6 Å². The number of nitrogens with zero attached hydrogens (tertiary/aromatic N) is 3. The summed E-state index contributed by atoms with van der Waals surface area (Å²) in [4.78, 5) is 34.7. The van der Waals surface area contributed by atoms with Gasteiger partial charge in [0.25, 0.3) is 11.7 Å². The highest BCUT2D eigenvalue weighted by Gasteiger charge is 2.26. The number of carbonyl (C=O) groups excluding carboxylic acids is 2. The van der Waals surface area contributed by atoms with Gasteiger partial charge in [-0.3, -0.25) is 9.59 Å². The molecule has 0 aliphatic carbocycles. The predicted octanol–water partition coefficient (Wildman–Crippen LogP) is 4.28. The van der Waals surface area contributed by atoms with Gasteiger partial charge >= 0.3 is 0 Å². The zero-order valence-corrected chi connectivity index (χ0v) is 19.0. The van der Waals surface area contributed by atoms with E-state index in [-0.39, 0.29) is 5.56 Å². The van der Waals surface area contributed by atoms with E-state index in [4.69, 9.17) is 21.1 Å². The molecule has 1 N–H and O–H groups in total. The number of halogens is 1. The van der Waals surface area contributed by atoms with Crippen LogP contribution in [0.15, 0.2) is 54.9 Å². The molecule has 4 rings (SSSR count). The zero-order chi connectivity index (χ0) is 23.5. The second kappa shape index (κ2) is 9.30. The average molecular weight is 465 g/mol. The number of hydrogen-bond acceptors (Lipinski definition) is 6. The Labute approximate surface area is 195 Å². The summed E-state index contributed by atoms with van der Waals surface area (Å²) in [7, 11) is 2.99. The lowest BCUT2D eigenvalue weighted by Crippen LogP contribution is -2.23. The van der Waals surface area contributed by atoms with Crippen molar-refractivity contribution in [3.05, 3.63) is 76.7 Å². The van der Waals surface area contributed by atoms with Crippen LogP contribution in [0.1, 0.15) is 21.6 Å². The number of rotatable bonds is 7. The molecule has 0 fully saturated rings. The Hall–Kier alpha value is -3.91. The first kappa shape index (κ1) is 22.3. The van der Waals surface area contributed by atoms with Crippen LogP contribution in [0.25, 0.3) is 11.0 Å². The molecule has 1 aromatic carbocycles. The van der Waals surface area contributed by atoms with Gasteiger partial charge in [0.15, 0.2) is 0 Å². The van der Waals surface area contributed by atoms with Gasteiger partial charge < -0.3 is 19.4 Å². The van der Waals surface area contributed by atoms with Gasteiger partial charge in [-0.05, 0) is 36.8 Å². The largest absolute Gasteiger partial charge is 0.495 e. The highest BCUT2D eigenvalue weighted by Crippen LogP contribution is 2.29. The number of fused-ring (bicyclic) bond motifs is 1. The Bertz CT molecular complexity index is 1350. The first-order valence-electron chi connectivity index (χ1n) is 10.0. The van der Waals surface area contributed by atoms with E-state index in [0.29, 0.717) is 45.6 Å². The molecule has 0 unspecified atom stereocenters. The SMILES string of the molecule is COc1cnc2c(c1)c(C(=O)C(=O)Nc1ccnc(OC)c1)c(C)n2Cc1ccc(Cl)cc1. The predicted molar refractivity (Wildman–Crippen MR) is 125 cm³/mol. The van der Waals surface area contributed by atoms with Crippen LogP contribution in [0.5, 0.6) is 11.6 Å². The fraction of sp³-hybridized carbons (Fsp3) is 0.167. The summed E-state index contributed by atoms with van der Waals surface area (Å²) in [6, 6.07) is 12.2. The van der Waals surface area contributed by atoms with Gasteiger partial charge in [0.05, 0.1) is 26.0 Å². The van der Waals surface area contributed by atoms with E-state index in [0.717, 1.165) is 5.56 Å². The molecule has 3 aromatic heterocycles. The van der Waals surface area contributed by atoms with Crippen molar-refractivity contribution in [1.82, 2.24) is 14.5 Å².